The molecular formula is C99H85FN8O16S. The summed E-state index contributed by atoms with van der Waals surface area (Å²) in [5, 5.41) is 15.0. The van der Waals surface area contributed by atoms with E-state index in [1.54, 1.807) is 71.2 Å². The third-order valence-electron chi connectivity index (χ3n) is 24.8. The van der Waals surface area contributed by atoms with Crippen LogP contribution in [0.15, 0.2) is 236 Å². The Bertz CT molecular complexity index is 6390. The number of anilines is 2. The van der Waals surface area contributed by atoms with Gasteiger partial charge in [0, 0.05) is 72.2 Å². The predicted molar refractivity (Wildman–Crippen MR) is 460 cm³/mol. The maximum absolute atomic E-state index is 14.1. The molecule has 0 radical (unpaired) electrons. The van der Waals surface area contributed by atoms with Crippen molar-refractivity contribution in [2.45, 2.75) is 116 Å². The van der Waals surface area contributed by atoms with Gasteiger partial charge >= 0.3 is 0 Å². The molecule has 0 unspecified atom stereocenters. The van der Waals surface area contributed by atoms with Crippen molar-refractivity contribution < 1.29 is 79.4 Å². The maximum Gasteiger partial charge on any atom is 0.243 e. The lowest BCUT2D eigenvalue weighted by molar-refractivity contribution is -0.121. The molecule has 8 aromatic carbocycles. The van der Waals surface area contributed by atoms with Gasteiger partial charge in [-0.25, -0.2) is 22.8 Å². The highest BCUT2D eigenvalue weighted by atomic mass is 32.2. The van der Waals surface area contributed by atoms with Gasteiger partial charge in [0.05, 0.1) is 69.0 Å². The van der Waals surface area contributed by atoms with Crippen molar-refractivity contribution in [2.75, 3.05) is 64.6 Å². The number of rotatable bonds is 21. The fourth-order valence-corrected chi connectivity index (χ4v) is 18.4. The zero-order valence-electron chi connectivity index (χ0n) is 68.3. The summed E-state index contributed by atoms with van der Waals surface area (Å²) in [5.41, 5.74) is 11.5. The molecular weight excluding hydrogens is 1610 g/mol. The number of Topliss-reactive ketones (excluding diaryl/α,β-unsaturated/α-hetero) is 2. The first kappa shape index (κ1) is 80.7. The molecule has 125 heavy (non-hydrogen) atoms. The highest BCUT2D eigenvalue weighted by Crippen LogP contribution is 2.56. The second kappa shape index (κ2) is 33.7. The first-order chi connectivity index (χ1) is 60.9. The molecule has 5 fully saturated rings. The van der Waals surface area contributed by atoms with Crippen LogP contribution >= 0.6 is 0 Å². The molecule has 12 aromatic rings. The largest absolute Gasteiger partial charge is 0.494 e. The number of halogens is 1. The average Bonchev–Trinajstić information content (AvgIpc) is 1.61. The number of nitriles is 1. The van der Waals surface area contributed by atoms with Crippen molar-refractivity contribution in [3.05, 3.63) is 281 Å². The number of hydrogen-bond acceptors (Lipinski definition) is 21. The van der Waals surface area contributed by atoms with E-state index >= 15 is 0 Å². The number of pyridine rings is 4. The van der Waals surface area contributed by atoms with Crippen molar-refractivity contribution in [3.63, 3.8) is 0 Å². The molecule has 10 aliphatic rings. The van der Waals surface area contributed by atoms with Gasteiger partial charge < -0.3 is 58.0 Å². The lowest BCUT2D eigenvalue weighted by Gasteiger charge is -2.25. The highest BCUT2D eigenvalue weighted by molar-refractivity contribution is 7.89. The first-order valence-corrected chi connectivity index (χ1v) is 43.2. The first-order valence-electron chi connectivity index (χ1n) is 41.8. The van der Waals surface area contributed by atoms with Gasteiger partial charge in [0.2, 0.25) is 49.0 Å². The van der Waals surface area contributed by atoms with Crippen molar-refractivity contribution in [3.8, 4) is 108 Å². The van der Waals surface area contributed by atoms with E-state index in [1.807, 2.05) is 152 Å². The van der Waals surface area contributed by atoms with Gasteiger partial charge in [-0.3, -0.25) is 29.1 Å². The zero-order valence-corrected chi connectivity index (χ0v) is 69.1. The summed E-state index contributed by atoms with van der Waals surface area (Å²) in [6, 6.07) is 70.6. The molecule has 0 atom stereocenters. The van der Waals surface area contributed by atoms with Gasteiger partial charge in [-0.05, 0) is 249 Å². The summed E-state index contributed by atoms with van der Waals surface area (Å²) >= 11 is 0. The van der Waals surface area contributed by atoms with Crippen LogP contribution in [-0.2, 0) is 70.1 Å². The number of fused-ring (bicyclic) bond motifs is 5. The Morgan fingerprint density at radius 2 is 0.888 bits per heavy atom. The fourth-order valence-electron chi connectivity index (χ4n) is 16.9. The zero-order chi connectivity index (χ0) is 85.4. The van der Waals surface area contributed by atoms with Crippen LogP contribution in [0.3, 0.4) is 0 Å². The molecule has 630 valence electrons. The molecule has 2 N–H and O–H groups in total. The number of ketones is 2. The smallest absolute Gasteiger partial charge is 0.243 e. The topological polar surface area (TPSA) is 297 Å². The summed E-state index contributed by atoms with van der Waals surface area (Å²) in [6.45, 7) is 2.74. The van der Waals surface area contributed by atoms with E-state index < -0.39 is 37.5 Å². The summed E-state index contributed by atoms with van der Waals surface area (Å²) < 4.78 is 95.5. The lowest BCUT2D eigenvalue weighted by Crippen LogP contribution is -2.35. The van der Waals surface area contributed by atoms with E-state index in [9.17, 15) is 32.0 Å². The minimum atomic E-state index is -3.47. The minimum absolute atomic E-state index is 0.0339. The Labute approximate surface area is 720 Å². The van der Waals surface area contributed by atoms with Crippen LogP contribution in [0.2, 0.25) is 0 Å². The van der Waals surface area contributed by atoms with Gasteiger partial charge in [0.1, 0.15) is 29.0 Å². The minimum Gasteiger partial charge on any atom is -0.494 e. The number of ether oxygens (including phenoxy) is 10. The fraction of sp³-hybridized carbons (Fsp3) is 0.263. The molecule has 24 nitrogen and oxygen atoms in total. The Balaban J connectivity index is 0.000000109. The van der Waals surface area contributed by atoms with Crippen LogP contribution in [0.5, 0.6) is 57.5 Å². The number of methoxy groups -OCH3 is 1. The highest BCUT2D eigenvalue weighted by Gasteiger charge is 2.55. The van der Waals surface area contributed by atoms with Gasteiger partial charge in [-0.1, -0.05) is 79.2 Å². The monoisotopic (exact) mass is 1690 g/mol. The van der Waals surface area contributed by atoms with Gasteiger partial charge in [-0.2, -0.15) is 9.57 Å². The molecule has 10 heterocycles. The van der Waals surface area contributed by atoms with Crippen LogP contribution in [0.1, 0.15) is 115 Å². The van der Waals surface area contributed by atoms with E-state index in [1.165, 1.54) is 18.7 Å². The summed E-state index contributed by atoms with van der Waals surface area (Å²) in [5.74, 6) is 7.43. The van der Waals surface area contributed by atoms with E-state index in [0.717, 1.165) is 162 Å². The molecule has 26 heteroatoms. The third kappa shape index (κ3) is 16.6. The second-order valence-corrected chi connectivity index (χ2v) is 34.5. The number of nitrogens with zero attached hydrogens (tertiary/aromatic N) is 6. The number of aromatic nitrogens is 4. The molecule has 1 saturated heterocycles. The normalized spacial score (nSPS) is 16.8. The number of carbonyl (C=O) groups excluding carboxylic acids is 4. The summed E-state index contributed by atoms with van der Waals surface area (Å²) in [6.07, 6.45) is 12.6. The van der Waals surface area contributed by atoms with Crippen LogP contribution in [0, 0.1) is 17.1 Å². The van der Waals surface area contributed by atoms with Crippen molar-refractivity contribution in [1.82, 2.24) is 24.2 Å². The second-order valence-electron chi connectivity index (χ2n) is 32.5. The SMILES string of the molecule is COc1ccc(-c2cccc(NC(=O)C3(c4ccc5c(c4)OCO5)CC3)n2)cc1F.N#Cc1cccc(-c2ccc(CC(=O)C3(c4ccc5c(c4)OCO5)CC3)nc2)c1.O=C(Cc1cccc(-c2ccc(S(=O)(=O)N3CCCCC3)cc2)n1)C1(c2ccc3c(c2)OCO3)CC1.O=C(Nc1cccc(-c2ccc3c(c2)CCO3)n1)C1(c2ccc3c(c2)OCO3)CC1. The third-order valence-corrected chi connectivity index (χ3v) is 26.7. The van der Waals surface area contributed by atoms with Gasteiger partial charge in [0.25, 0.3) is 0 Å². The van der Waals surface area contributed by atoms with E-state index in [-0.39, 0.29) is 62.7 Å². The number of nitrogens with one attached hydrogen (secondary N) is 2. The van der Waals surface area contributed by atoms with E-state index in [4.69, 9.17) is 57.6 Å². The summed E-state index contributed by atoms with van der Waals surface area (Å²) in [7, 11) is -2.06. The quantitative estimate of drug-likeness (QED) is 0.0675. The molecule has 4 aliphatic carbocycles. The number of carbonyl (C=O) groups is 4. The molecule has 4 saturated carbocycles. The molecule has 0 spiro atoms. The standard InChI is InChI=1S/C28H28N2O5S.C24H20N2O4.C24H18N2O3.C23H19FN2O4/c31-27(28(13-14-28)21-9-12-25-26(17-21)35-19-34-25)18-22-5-4-6-24(29-22)20-7-10-23(11-8-20)36(32,33)30-15-2-1-3-16-30;27-23(24(9-10-24)17-5-7-20-21(13-17)30-14-29-20)26-22-3-1-2-18(25-22)15-4-6-19-16(12-15)8-11-28-19;25-13-16-2-1-3-17(10-16)18-4-6-20(26-14-18)12-23(27)24(8-9-24)19-5-7-21-22(11-19)29-15-28-21;1-28-18-7-5-14(11-16(18)24)17-3-2-4-21(25-17)26-22(27)23(9-10-23)15-6-8-19-20(12-15)30-13-29-19/h4-12,17H,1-3,13-16,18-19H2;1-7,12-13H,8-11,14H2,(H,25,26,27);1-7,10-11,14H,8-9,12,15H2;2-8,11-12H,9-10,13H2,1H3,(H,25,26,27). The van der Waals surface area contributed by atoms with Crippen molar-refractivity contribution in [2.24, 2.45) is 0 Å². The predicted octanol–water partition coefficient (Wildman–Crippen LogP) is 17.1. The van der Waals surface area contributed by atoms with Crippen LogP contribution in [-0.4, -0.2) is 110 Å². The number of piperidine rings is 1. The van der Waals surface area contributed by atoms with Crippen LogP contribution < -0.4 is 58.0 Å². The number of hydrogen-bond donors (Lipinski definition) is 2. The van der Waals surface area contributed by atoms with Crippen LogP contribution in [0.25, 0.3) is 44.9 Å². The Morgan fingerprint density at radius 1 is 0.440 bits per heavy atom. The van der Waals surface area contributed by atoms with Crippen LogP contribution in [0.4, 0.5) is 16.0 Å². The van der Waals surface area contributed by atoms with Crippen molar-refractivity contribution in [1.29, 1.82) is 5.26 Å². The number of benzene rings is 8. The number of sulfonamides is 1. The molecule has 22 rings (SSSR count). The molecule has 2 amide bonds. The average molecular weight is 1690 g/mol. The molecule has 0 bridgehead atoms. The van der Waals surface area contributed by atoms with E-state index in [0.29, 0.717) is 93.1 Å². The van der Waals surface area contributed by atoms with Gasteiger partial charge in [-0.15, -0.1) is 0 Å². The molecule has 6 aliphatic heterocycles. The number of amides is 2. The lowest BCUT2D eigenvalue weighted by atomic mass is 9.88. The molecule has 4 aromatic heterocycles. The maximum atomic E-state index is 14.1. The Kier molecular flexibility index (Phi) is 21.7. The Hall–Kier alpha value is -14.0. The van der Waals surface area contributed by atoms with E-state index in [2.05, 4.69) is 37.7 Å². The van der Waals surface area contributed by atoms with Gasteiger partial charge in [0.15, 0.2) is 57.6 Å². The summed E-state index contributed by atoms with van der Waals surface area (Å²) in [4.78, 5) is 71.4. The van der Waals surface area contributed by atoms with Crippen molar-refractivity contribution >= 4 is 45.0 Å². The Morgan fingerprint density at radius 3 is 1.38 bits per heavy atom.